The third-order valence-corrected chi connectivity index (χ3v) is 7.01. The molecule has 3 aromatic rings. The third kappa shape index (κ3) is 5.89. The zero-order valence-electron chi connectivity index (χ0n) is 20.2. The summed E-state index contributed by atoms with van der Waals surface area (Å²) in [5, 5.41) is 10.7. The molecule has 0 aliphatic carbocycles. The second-order valence-electron chi connectivity index (χ2n) is 8.77. The van der Waals surface area contributed by atoms with Gasteiger partial charge in [0.15, 0.2) is 11.5 Å². The van der Waals surface area contributed by atoms with Gasteiger partial charge in [0.2, 0.25) is 5.75 Å². The van der Waals surface area contributed by atoms with Crippen LogP contribution in [0.2, 0.25) is 10.0 Å². The van der Waals surface area contributed by atoms with Crippen molar-refractivity contribution in [3.05, 3.63) is 87.4 Å². The summed E-state index contributed by atoms with van der Waals surface area (Å²) in [5.41, 5.74) is 2.70. The molecular formula is C28H29Cl2NO5. The Bertz CT molecular complexity index is 1180. The molecule has 6 nitrogen and oxygen atoms in total. The number of likely N-dealkylation sites (tertiary alicyclic amines) is 1. The Morgan fingerprint density at radius 3 is 2.36 bits per heavy atom. The second kappa shape index (κ2) is 11.9. The lowest BCUT2D eigenvalue weighted by atomic mass is 9.91. The van der Waals surface area contributed by atoms with Crippen molar-refractivity contribution < 1.29 is 24.1 Å². The Morgan fingerprint density at radius 1 is 1.06 bits per heavy atom. The van der Waals surface area contributed by atoms with E-state index < -0.39 is 11.9 Å². The number of benzene rings is 3. The summed E-state index contributed by atoms with van der Waals surface area (Å²) < 4.78 is 17.6. The average molecular weight is 530 g/mol. The molecule has 0 aromatic heterocycles. The van der Waals surface area contributed by atoms with Crippen LogP contribution in [0, 0.1) is 5.92 Å². The van der Waals surface area contributed by atoms with Crippen molar-refractivity contribution in [2.24, 2.45) is 5.92 Å². The van der Waals surface area contributed by atoms with Gasteiger partial charge in [-0.05, 0) is 60.3 Å². The van der Waals surface area contributed by atoms with Gasteiger partial charge < -0.3 is 19.3 Å². The fraction of sp³-hybridized carbons (Fsp3) is 0.321. The van der Waals surface area contributed by atoms with Crippen LogP contribution in [0.5, 0.6) is 17.2 Å². The van der Waals surface area contributed by atoms with E-state index in [2.05, 4.69) is 4.90 Å². The predicted octanol–water partition coefficient (Wildman–Crippen LogP) is 6.48. The number of halogens is 2. The number of nitrogens with zero attached hydrogens (tertiary/aromatic N) is 1. The van der Waals surface area contributed by atoms with Crippen molar-refractivity contribution in [3.8, 4) is 17.2 Å². The first kappa shape index (κ1) is 26.1. The number of ether oxygens (including phenoxy) is 3. The molecule has 1 saturated heterocycles. The number of carbonyl (C=O) groups is 1. The van der Waals surface area contributed by atoms with Gasteiger partial charge in [-0.15, -0.1) is 0 Å². The molecule has 1 N–H and O–H groups in total. The molecule has 190 valence electrons. The highest BCUT2D eigenvalue weighted by atomic mass is 35.5. The van der Waals surface area contributed by atoms with Gasteiger partial charge in [-0.3, -0.25) is 9.69 Å². The molecule has 0 radical (unpaired) electrons. The first-order valence-corrected chi connectivity index (χ1v) is 12.5. The number of aliphatic carboxylic acids is 1. The minimum absolute atomic E-state index is 0.331. The number of piperidine rings is 1. The zero-order chi connectivity index (χ0) is 25.7. The molecule has 0 bridgehead atoms. The molecular weight excluding hydrogens is 501 g/mol. The van der Waals surface area contributed by atoms with Crippen LogP contribution < -0.4 is 14.2 Å². The summed E-state index contributed by atoms with van der Waals surface area (Å²) in [6.07, 6.45) is 1.41. The Hall–Kier alpha value is -2.93. The van der Waals surface area contributed by atoms with Crippen molar-refractivity contribution >= 4 is 29.2 Å². The van der Waals surface area contributed by atoms with Gasteiger partial charge >= 0.3 is 5.97 Å². The number of carboxylic acids is 1. The lowest BCUT2D eigenvalue weighted by molar-refractivity contribution is -0.143. The van der Waals surface area contributed by atoms with Crippen LogP contribution in [0.25, 0.3) is 0 Å². The predicted molar refractivity (Wildman–Crippen MR) is 141 cm³/mol. The number of carboxylic acid groups (broad SMARTS) is 1. The molecule has 8 heteroatoms. The van der Waals surface area contributed by atoms with Crippen LogP contribution in [0.3, 0.4) is 0 Å². The number of rotatable bonds is 9. The maximum absolute atomic E-state index is 11.8. The van der Waals surface area contributed by atoms with Gasteiger partial charge in [0, 0.05) is 16.6 Å². The van der Waals surface area contributed by atoms with E-state index in [0.29, 0.717) is 46.9 Å². The second-order valence-corrected chi connectivity index (χ2v) is 9.61. The molecule has 0 saturated carbocycles. The van der Waals surface area contributed by atoms with Crippen LogP contribution in [0.15, 0.2) is 60.7 Å². The first-order chi connectivity index (χ1) is 17.4. The summed E-state index contributed by atoms with van der Waals surface area (Å²) in [6, 6.07) is 18.7. The summed E-state index contributed by atoms with van der Waals surface area (Å²) >= 11 is 12.9. The summed E-state index contributed by atoms with van der Waals surface area (Å²) in [6.45, 7) is 1.48. The number of hydrogen-bond donors (Lipinski definition) is 1. The third-order valence-electron chi connectivity index (χ3n) is 6.45. The largest absolute Gasteiger partial charge is 0.493 e. The van der Waals surface area contributed by atoms with Crippen LogP contribution in [0.4, 0.5) is 0 Å². The molecule has 36 heavy (non-hydrogen) atoms. The average Bonchev–Trinajstić information content (AvgIpc) is 2.89. The molecule has 0 spiro atoms. The van der Waals surface area contributed by atoms with Crippen molar-refractivity contribution in [1.82, 2.24) is 4.90 Å². The van der Waals surface area contributed by atoms with Crippen LogP contribution >= 0.6 is 23.2 Å². The fourth-order valence-electron chi connectivity index (χ4n) is 4.68. The molecule has 1 heterocycles. The smallest absolute Gasteiger partial charge is 0.307 e. The highest BCUT2D eigenvalue weighted by Crippen LogP contribution is 2.45. The van der Waals surface area contributed by atoms with E-state index >= 15 is 0 Å². The van der Waals surface area contributed by atoms with Crippen LogP contribution in [-0.2, 0) is 11.4 Å². The van der Waals surface area contributed by atoms with E-state index in [9.17, 15) is 9.90 Å². The standard InChI is InChI=1S/C28H29Cl2NO5/c1-34-24-13-20(14-25(35-2)27(24)36-17-18-7-4-3-5-8-18)26(22-11-10-21(29)15-23(22)30)31-12-6-9-19(16-31)28(32)33/h3-5,7-8,10-11,13-15,19,26H,6,9,12,16-17H2,1-2H3,(H,32,33). The Kier molecular flexibility index (Phi) is 8.62. The lowest BCUT2D eigenvalue weighted by Gasteiger charge is -2.38. The van der Waals surface area contributed by atoms with Gasteiger partial charge in [-0.1, -0.05) is 59.6 Å². The SMILES string of the molecule is COc1cc(C(c2ccc(Cl)cc2Cl)N2CCCC(C(=O)O)C2)cc(OC)c1OCc1ccccc1. The lowest BCUT2D eigenvalue weighted by Crippen LogP contribution is -2.41. The molecule has 2 unspecified atom stereocenters. The molecule has 3 aromatic carbocycles. The fourth-order valence-corrected chi connectivity index (χ4v) is 5.19. The Balaban J connectivity index is 1.77. The van der Waals surface area contributed by atoms with Crippen LogP contribution in [0.1, 0.15) is 35.6 Å². The topological polar surface area (TPSA) is 68.2 Å². The first-order valence-electron chi connectivity index (χ1n) is 11.8. The number of methoxy groups -OCH3 is 2. The summed E-state index contributed by atoms with van der Waals surface area (Å²) in [7, 11) is 3.17. The molecule has 1 aliphatic rings. The van der Waals surface area contributed by atoms with E-state index in [-0.39, 0.29) is 6.04 Å². The maximum atomic E-state index is 11.8. The molecule has 0 amide bonds. The van der Waals surface area contributed by atoms with Crippen LogP contribution in [-0.4, -0.2) is 43.3 Å². The van der Waals surface area contributed by atoms with Crippen molar-refractivity contribution in [3.63, 3.8) is 0 Å². The van der Waals surface area contributed by atoms with E-state index in [1.54, 1.807) is 26.4 Å². The molecule has 4 rings (SSSR count). The quantitative estimate of drug-likeness (QED) is 0.342. The highest BCUT2D eigenvalue weighted by molar-refractivity contribution is 6.35. The van der Waals surface area contributed by atoms with Crippen molar-refractivity contribution in [2.75, 3.05) is 27.3 Å². The van der Waals surface area contributed by atoms with E-state index in [4.69, 9.17) is 37.4 Å². The van der Waals surface area contributed by atoms with Gasteiger partial charge in [0.1, 0.15) is 6.61 Å². The highest BCUT2D eigenvalue weighted by Gasteiger charge is 2.33. The molecule has 1 aliphatic heterocycles. The minimum atomic E-state index is -0.791. The monoisotopic (exact) mass is 529 g/mol. The van der Waals surface area contributed by atoms with Crippen molar-refractivity contribution in [1.29, 1.82) is 0 Å². The minimum Gasteiger partial charge on any atom is -0.493 e. The zero-order valence-corrected chi connectivity index (χ0v) is 21.8. The normalized spacial score (nSPS) is 16.8. The Morgan fingerprint density at radius 2 is 1.75 bits per heavy atom. The van der Waals surface area contributed by atoms with Gasteiger partial charge in [0.25, 0.3) is 0 Å². The molecule has 2 atom stereocenters. The van der Waals surface area contributed by atoms with Crippen molar-refractivity contribution in [2.45, 2.75) is 25.5 Å². The van der Waals surface area contributed by atoms with Gasteiger partial charge in [-0.2, -0.15) is 0 Å². The van der Waals surface area contributed by atoms with E-state index in [0.717, 1.165) is 29.7 Å². The summed E-state index contributed by atoms with van der Waals surface area (Å²) in [4.78, 5) is 14.0. The Labute approximate surface area is 221 Å². The van der Waals surface area contributed by atoms with E-state index in [1.165, 1.54) is 0 Å². The van der Waals surface area contributed by atoms with E-state index in [1.807, 2.05) is 48.5 Å². The molecule has 1 fully saturated rings. The maximum Gasteiger partial charge on any atom is 0.307 e. The van der Waals surface area contributed by atoms with Gasteiger partial charge in [0.05, 0.1) is 26.2 Å². The summed E-state index contributed by atoms with van der Waals surface area (Å²) in [5.74, 6) is 0.282. The van der Waals surface area contributed by atoms with Gasteiger partial charge in [-0.25, -0.2) is 0 Å². The number of hydrogen-bond acceptors (Lipinski definition) is 5.